The zero-order valence-electron chi connectivity index (χ0n) is 15.9. The van der Waals surface area contributed by atoms with Gasteiger partial charge >= 0.3 is 6.03 Å². The summed E-state index contributed by atoms with van der Waals surface area (Å²) in [5, 5.41) is 8.12. The van der Waals surface area contributed by atoms with Crippen LogP contribution < -0.4 is 25.4 Å². The Morgan fingerprint density at radius 1 is 1.25 bits per heavy atom. The van der Waals surface area contributed by atoms with Crippen LogP contribution in [0, 0.1) is 5.92 Å². The predicted octanol–water partition coefficient (Wildman–Crippen LogP) is 1.25. The van der Waals surface area contributed by atoms with Gasteiger partial charge in [0.2, 0.25) is 12.7 Å². The largest absolute Gasteiger partial charge is 0.454 e. The molecule has 0 saturated carbocycles. The van der Waals surface area contributed by atoms with E-state index in [1.807, 2.05) is 13.8 Å². The lowest BCUT2D eigenvalue weighted by molar-refractivity contribution is -0.119. The van der Waals surface area contributed by atoms with Crippen LogP contribution in [-0.2, 0) is 14.6 Å². The fourth-order valence-electron chi connectivity index (χ4n) is 3.17. The molecule has 3 rings (SSSR count). The van der Waals surface area contributed by atoms with Gasteiger partial charge in [-0.3, -0.25) is 4.79 Å². The molecule has 3 atom stereocenters. The van der Waals surface area contributed by atoms with Gasteiger partial charge in [0, 0.05) is 17.8 Å². The highest BCUT2D eigenvalue weighted by Crippen LogP contribution is 2.34. The second-order valence-corrected chi connectivity index (χ2v) is 9.37. The van der Waals surface area contributed by atoms with Crippen molar-refractivity contribution >= 4 is 27.5 Å². The molecule has 1 fully saturated rings. The maximum atomic E-state index is 12.8. The van der Waals surface area contributed by atoms with Gasteiger partial charge in [0.1, 0.15) is 6.04 Å². The van der Waals surface area contributed by atoms with Gasteiger partial charge in [0.15, 0.2) is 21.3 Å². The molecule has 2 heterocycles. The number of carbonyl (C=O) groups excluding carboxylic acids is 2. The predicted molar refractivity (Wildman–Crippen MR) is 103 cm³/mol. The Labute approximate surface area is 164 Å². The van der Waals surface area contributed by atoms with Crippen molar-refractivity contribution in [2.24, 2.45) is 5.92 Å². The molecule has 10 heteroatoms. The second-order valence-electron chi connectivity index (χ2n) is 7.14. The zero-order valence-corrected chi connectivity index (χ0v) is 16.7. The molecular weight excluding hydrogens is 386 g/mol. The summed E-state index contributed by atoms with van der Waals surface area (Å²) in [6, 6.07) is 3.32. The monoisotopic (exact) mass is 411 g/mol. The quantitative estimate of drug-likeness (QED) is 0.648. The van der Waals surface area contributed by atoms with Gasteiger partial charge in [-0.1, -0.05) is 20.3 Å². The number of fused-ring (bicyclic) bond motifs is 1. The third kappa shape index (κ3) is 4.86. The van der Waals surface area contributed by atoms with Crippen LogP contribution in [0.4, 0.5) is 10.5 Å². The van der Waals surface area contributed by atoms with Gasteiger partial charge < -0.3 is 25.4 Å². The number of hydrogen-bond acceptors (Lipinski definition) is 6. The Kier molecular flexibility index (Phi) is 5.97. The van der Waals surface area contributed by atoms with Crippen LogP contribution in [0.1, 0.15) is 26.7 Å². The third-order valence-electron chi connectivity index (χ3n) is 4.99. The van der Waals surface area contributed by atoms with Crippen molar-refractivity contribution in [3.63, 3.8) is 0 Å². The topological polar surface area (TPSA) is 123 Å². The molecule has 1 unspecified atom stereocenters. The van der Waals surface area contributed by atoms with Crippen LogP contribution in [0.2, 0.25) is 0 Å². The normalized spacial score (nSPS) is 21.6. The van der Waals surface area contributed by atoms with Crippen LogP contribution in [-0.4, -0.2) is 50.7 Å². The molecule has 0 bridgehead atoms. The average molecular weight is 411 g/mol. The van der Waals surface area contributed by atoms with E-state index in [0.29, 0.717) is 30.0 Å². The van der Waals surface area contributed by atoms with Gasteiger partial charge in [0.05, 0.1) is 11.5 Å². The summed E-state index contributed by atoms with van der Waals surface area (Å²) in [5.41, 5.74) is 0.534. The smallest absolute Gasteiger partial charge is 0.315 e. The summed E-state index contributed by atoms with van der Waals surface area (Å²) in [6.07, 6.45) is 1.06. The summed E-state index contributed by atoms with van der Waals surface area (Å²) in [4.78, 5) is 25.1. The van der Waals surface area contributed by atoms with Crippen molar-refractivity contribution in [1.29, 1.82) is 0 Å². The Bertz CT molecular complexity index is 857. The van der Waals surface area contributed by atoms with E-state index in [2.05, 4.69) is 16.0 Å². The fraction of sp³-hybridized carbons (Fsp3) is 0.556. The first-order valence-corrected chi connectivity index (χ1v) is 11.1. The Hall–Kier alpha value is -2.49. The highest BCUT2D eigenvalue weighted by atomic mass is 32.2. The summed E-state index contributed by atoms with van der Waals surface area (Å²) in [7, 11) is -3.10. The molecule has 2 aliphatic heterocycles. The van der Waals surface area contributed by atoms with Crippen molar-refractivity contribution in [2.75, 3.05) is 23.6 Å². The molecule has 154 valence electrons. The van der Waals surface area contributed by atoms with Crippen LogP contribution in [0.5, 0.6) is 11.5 Å². The lowest BCUT2D eigenvalue weighted by Crippen LogP contribution is -2.53. The number of ether oxygens (including phenoxy) is 2. The molecule has 1 aromatic rings. The van der Waals surface area contributed by atoms with Crippen LogP contribution in [0.15, 0.2) is 18.2 Å². The standard InChI is InChI=1S/C18H25N3O6S/c1-3-11(2)16(21-18(23)20-13-6-7-28(24,25)9-13)17(22)19-12-4-5-14-15(8-12)27-10-26-14/h4-5,8,11,13,16H,3,6-7,9-10H2,1-2H3,(H,19,22)(H2,20,21,23)/t11-,13?,16+/m0/s1. The number of nitrogens with one attached hydrogen (secondary N) is 3. The fourth-order valence-corrected chi connectivity index (χ4v) is 4.85. The van der Waals surface area contributed by atoms with Gasteiger partial charge in [-0.15, -0.1) is 0 Å². The molecule has 1 saturated heterocycles. The van der Waals surface area contributed by atoms with E-state index in [9.17, 15) is 18.0 Å². The van der Waals surface area contributed by atoms with E-state index in [-0.39, 0.29) is 30.1 Å². The third-order valence-corrected chi connectivity index (χ3v) is 6.76. The molecular formula is C18H25N3O6S. The minimum absolute atomic E-state index is 0.0668. The summed E-state index contributed by atoms with van der Waals surface area (Å²) in [6.45, 7) is 3.93. The number of carbonyl (C=O) groups is 2. The van der Waals surface area contributed by atoms with Crippen molar-refractivity contribution in [3.05, 3.63) is 18.2 Å². The van der Waals surface area contributed by atoms with E-state index in [1.54, 1.807) is 18.2 Å². The molecule has 3 N–H and O–H groups in total. The van der Waals surface area contributed by atoms with Crippen molar-refractivity contribution in [3.8, 4) is 11.5 Å². The minimum atomic E-state index is -3.10. The summed E-state index contributed by atoms with van der Waals surface area (Å²) < 4.78 is 33.6. The summed E-state index contributed by atoms with van der Waals surface area (Å²) >= 11 is 0. The Morgan fingerprint density at radius 2 is 2.00 bits per heavy atom. The highest BCUT2D eigenvalue weighted by Gasteiger charge is 2.31. The van der Waals surface area contributed by atoms with Crippen LogP contribution in [0.25, 0.3) is 0 Å². The maximum absolute atomic E-state index is 12.8. The molecule has 0 aliphatic carbocycles. The van der Waals surface area contributed by atoms with Crippen LogP contribution >= 0.6 is 0 Å². The lowest BCUT2D eigenvalue weighted by Gasteiger charge is -2.24. The van der Waals surface area contributed by atoms with Gasteiger partial charge in [-0.05, 0) is 24.5 Å². The van der Waals surface area contributed by atoms with Gasteiger partial charge in [0.25, 0.3) is 0 Å². The van der Waals surface area contributed by atoms with Gasteiger partial charge in [-0.25, -0.2) is 13.2 Å². The Balaban J connectivity index is 1.62. The molecule has 3 amide bonds. The number of sulfone groups is 1. The summed E-state index contributed by atoms with van der Waals surface area (Å²) in [5.74, 6) is 0.677. The number of amides is 3. The lowest BCUT2D eigenvalue weighted by atomic mass is 9.98. The molecule has 1 aromatic carbocycles. The van der Waals surface area contributed by atoms with Crippen molar-refractivity contribution < 1.29 is 27.5 Å². The first kappa shape index (κ1) is 20.2. The first-order chi connectivity index (χ1) is 13.3. The van der Waals surface area contributed by atoms with E-state index in [4.69, 9.17) is 9.47 Å². The van der Waals surface area contributed by atoms with Gasteiger partial charge in [-0.2, -0.15) is 0 Å². The number of hydrogen-bond donors (Lipinski definition) is 3. The number of benzene rings is 1. The second kappa shape index (κ2) is 8.26. The molecule has 28 heavy (non-hydrogen) atoms. The molecule has 2 aliphatic rings. The molecule has 9 nitrogen and oxygen atoms in total. The maximum Gasteiger partial charge on any atom is 0.315 e. The van der Waals surface area contributed by atoms with E-state index in [1.165, 1.54) is 0 Å². The van der Waals surface area contributed by atoms with E-state index in [0.717, 1.165) is 0 Å². The molecule has 0 spiro atoms. The van der Waals surface area contributed by atoms with E-state index < -0.39 is 28.0 Å². The minimum Gasteiger partial charge on any atom is -0.454 e. The van der Waals surface area contributed by atoms with Crippen molar-refractivity contribution in [1.82, 2.24) is 10.6 Å². The first-order valence-electron chi connectivity index (χ1n) is 9.25. The number of urea groups is 1. The molecule has 0 radical (unpaired) electrons. The Morgan fingerprint density at radius 3 is 2.68 bits per heavy atom. The number of rotatable bonds is 6. The van der Waals surface area contributed by atoms with Crippen LogP contribution in [0.3, 0.4) is 0 Å². The zero-order chi connectivity index (χ0) is 20.3. The SMILES string of the molecule is CC[C@H](C)[C@@H](NC(=O)NC1CCS(=O)(=O)C1)C(=O)Nc1ccc2c(c1)OCO2. The highest BCUT2D eigenvalue weighted by molar-refractivity contribution is 7.91. The molecule has 0 aromatic heterocycles. The average Bonchev–Trinajstić information content (AvgIpc) is 3.24. The van der Waals surface area contributed by atoms with Crippen molar-refractivity contribution in [2.45, 2.75) is 38.8 Å². The number of anilines is 1. The van der Waals surface area contributed by atoms with E-state index >= 15 is 0 Å².